The molecular weight excluding hydrogens is 571 g/mol. The van der Waals surface area contributed by atoms with Gasteiger partial charge in [0.05, 0.1) is 11.0 Å². The van der Waals surface area contributed by atoms with Gasteiger partial charge in [0.2, 0.25) is 0 Å². The Labute approximate surface area is 273 Å². The van der Waals surface area contributed by atoms with Crippen molar-refractivity contribution in [2.75, 3.05) is 0 Å². The molecule has 0 N–H and O–H groups in total. The summed E-state index contributed by atoms with van der Waals surface area (Å²) in [5.41, 5.74) is 15.1. The van der Waals surface area contributed by atoms with E-state index in [1.54, 1.807) is 0 Å². The number of furan rings is 1. The Hall–Kier alpha value is -5.86. The molecule has 1 aliphatic carbocycles. The van der Waals surface area contributed by atoms with Gasteiger partial charge in [0.1, 0.15) is 11.2 Å². The summed E-state index contributed by atoms with van der Waals surface area (Å²) in [5, 5.41) is 4.97. The molecular formula is C45H31NO. The zero-order valence-electron chi connectivity index (χ0n) is 25.9. The normalized spacial score (nSPS) is 13.9. The molecule has 0 radical (unpaired) electrons. The van der Waals surface area contributed by atoms with Crippen molar-refractivity contribution in [1.82, 2.24) is 4.57 Å². The van der Waals surface area contributed by atoms with E-state index in [2.05, 4.69) is 156 Å². The van der Waals surface area contributed by atoms with E-state index in [0.29, 0.717) is 5.92 Å². The molecule has 2 heterocycles. The van der Waals surface area contributed by atoms with Crippen LogP contribution in [0.15, 0.2) is 162 Å². The van der Waals surface area contributed by atoms with E-state index in [-0.39, 0.29) is 0 Å². The summed E-state index contributed by atoms with van der Waals surface area (Å²) >= 11 is 0. The number of rotatable bonds is 5. The van der Waals surface area contributed by atoms with Crippen molar-refractivity contribution in [1.29, 1.82) is 0 Å². The minimum Gasteiger partial charge on any atom is -0.456 e. The molecule has 7 aromatic carbocycles. The predicted octanol–water partition coefficient (Wildman–Crippen LogP) is 12.1. The fourth-order valence-corrected chi connectivity index (χ4v) is 8.16. The Morgan fingerprint density at radius 2 is 1.28 bits per heavy atom. The number of fused-ring (bicyclic) bond motifs is 10. The van der Waals surface area contributed by atoms with Crippen LogP contribution in [0.2, 0.25) is 0 Å². The van der Waals surface area contributed by atoms with Crippen molar-refractivity contribution in [3.63, 3.8) is 0 Å². The van der Waals surface area contributed by atoms with E-state index in [9.17, 15) is 0 Å². The van der Waals surface area contributed by atoms with Crippen molar-refractivity contribution in [2.45, 2.75) is 18.8 Å². The largest absolute Gasteiger partial charge is 0.456 e. The van der Waals surface area contributed by atoms with Crippen LogP contribution in [0.5, 0.6) is 0 Å². The molecule has 0 spiro atoms. The second-order valence-electron chi connectivity index (χ2n) is 12.8. The molecule has 1 aliphatic rings. The molecule has 10 rings (SSSR count). The average molecular weight is 602 g/mol. The molecule has 2 aromatic heterocycles. The summed E-state index contributed by atoms with van der Waals surface area (Å²) in [5.74, 6) is 0.310. The van der Waals surface area contributed by atoms with E-state index in [0.717, 1.165) is 40.5 Å². The van der Waals surface area contributed by atoms with E-state index in [4.69, 9.17) is 4.42 Å². The zero-order valence-corrected chi connectivity index (χ0v) is 25.9. The molecule has 222 valence electrons. The van der Waals surface area contributed by atoms with Crippen LogP contribution in [0.4, 0.5) is 0 Å². The van der Waals surface area contributed by atoms with Crippen molar-refractivity contribution in [3.05, 3.63) is 174 Å². The van der Waals surface area contributed by atoms with Gasteiger partial charge >= 0.3 is 0 Å². The van der Waals surface area contributed by atoms with E-state index < -0.39 is 0 Å². The van der Waals surface area contributed by atoms with Gasteiger partial charge in [0.25, 0.3) is 0 Å². The maximum atomic E-state index is 6.20. The van der Waals surface area contributed by atoms with E-state index >= 15 is 0 Å². The lowest BCUT2D eigenvalue weighted by Gasteiger charge is -2.16. The predicted molar refractivity (Wildman–Crippen MR) is 196 cm³/mol. The molecule has 0 saturated heterocycles. The third-order valence-electron chi connectivity index (χ3n) is 10.2. The summed E-state index contributed by atoms with van der Waals surface area (Å²) < 4.78 is 8.65. The minimum atomic E-state index is 0.310. The Kier molecular flexibility index (Phi) is 5.80. The fourth-order valence-electron chi connectivity index (χ4n) is 8.16. The maximum absolute atomic E-state index is 6.20. The van der Waals surface area contributed by atoms with Crippen molar-refractivity contribution in [3.8, 4) is 27.9 Å². The van der Waals surface area contributed by atoms with Gasteiger partial charge in [0.15, 0.2) is 0 Å². The first-order valence-corrected chi connectivity index (χ1v) is 16.5. The standard InChI is InChI=1S/C45H31NO/c1-2-12-30(13-3-1)31-14-10-11-29(27-31)21-23-36-33-15-4-5-16-34(33)37-24-25-41-45(44(36)37)38-18-6-8-19-40(38)46(41)32-22-26-43-39(28-32)35-17-7-9-20-42(35)47-43/h1-20,22,24-28,36H,21,23H2. The Balaban J connectivity index is 1.14. The first kappa shape index (κ1) is 26.4. The Morgan fingerprint density at radius 1 is 0.511 bits per heavy atom. The number of hydrogen-bond acceptors (Lipinski definition) is 1. The van der Waals surface area contributed by atoms with Gasteiger partial charge in [-0.25, -0.2) is 0 Å². The van der Waals surface area contributed by atoms with Gasteiger partial charge < -0.3 is 8.98 Å². The molecule has 0 saturated carbocycles. The molecule has 0 aliphatic heterocycles. The van der Waals surface area contributed by atoms with Crippen LogP contribution >= 0.6 is 0 Å². The van der Waals surface area contributed by atoms with Crippen molar-refractivity contribution < 1.29 is 4.42 Å². The first-order valence-electron chi connectivity index (χ1n) is 16.5. The van der Waals surface area contributed by atoms with Gasteiger partial charge in [0, 0.05) is 33.2 Å². The van der Waals surface area contributed by atoms with Gasteiger partial charge in [-0.3, -0.25) is 0 Å². The monoisotopic (exact) mass is 601 g/mol. The number of aromatic nitrogens is 1. The van der Waals surface area contributed by atoms with Crippen LogP contribution < -0.4 is 0 Å². The Morgan fingerprint density at radius 3 is 2.21 bits per heavy atom. The van der Waals surface area contributed by atoms with Crippen LogP contribution in [0.25, 0.3) is 71.7 Å². The number of aryl methyl sites for hydroxylation is 1. The van der Waals surface area contributed by atoms with Crippen molar-refractivity contribution in [2.24, 2.45) is 0 Å². The quantitative estimate of drug-likeness (QED) is 0.192. The lowest BCUT2D eigenvalue weighted by atomic mass is 9.87. The van der Waals surface area contributed by atoms with Gasteiger partial charge in [-0.2, -0.15) is 0 Å². The Bertz CT molecular complexity index is 2640. The molecule has 2 nitrogen and oxygen atoms in total. The third-order valence-corrected chi connectivity index (χ3v) is 10.2. The highest BCUT2D eigenvalue weighted by atomic mass is 16.3. The second kappa shape index (κ2) is 10.3. The molecule has 0 bridgehead atoms. The number of benzene rings is 7. The van der Waals surface area contributed by atoms with Gasteiger partial charge in [-0.15, -0.1) is 0 Å². The number of hydrogen-bond donors (Lipinski definition) is 0. The topological polar surface area (TPSA) is 18.1 Å². The van der Waals surface area contributed by atoms with Crippen LogP contribution in [-0.2, 0) is 6.42 Å². The average Bonchev–Trinajstić information content (AvgIpc) is 3.78. The molecule has 47 heavy (non-hydrogen) atoms. The lowest BCUT2D eigenvalue weighted by molar-refractivity contribution is 0.669. The summed E-state index contributed by atoms with van der Waals surface area (Å²) in [6.45, 7) is 0. The van der Waals surface area contributed by atoms with Crippen LogP contribution in [0, 0.1) is 0 Å². The zero-order chi connectivity index (χ0) is 30.9. The molecule has 9 aromatic rings. The summed E-state index contributed by atoms with van der Waals surface area (Å²) in [7, 11) is 0. The minimum absolute atomic E-state index is 0.310. The molecule has 2 heteroatoms. The maximum Gasteiger partial charge on any atom is 0.135 e. The van der Waals surface area contributed by atoms with Gasteiger partial charge in [-0.05, 0) is 88.2 Å². The first-order chi connectivity index (χ1) is 23.3. The fraction of sp³-hybridized carbons (Fsp3) is 0.0667. The lowest BCUT2D eigenvalue weighted by Crippen LogP contribution is -2.01. The van der Waals surface area contributed by atoms with E-state index in [1.807, 2.05) is 6.07 Å². The smallest absolute Gasteiger partial charge is 0.135 e. The SMILES string of the molecule is c1ccc(-c2cccc(CCC3c4ccccc4-c4ccc5c(c43)c3ccccc3n5-c3ccc4oc5ccccc5c4c3)c2)cc1. The number of nitrogens with zero attached hydrogens (tertiary/aromatic N) is 1. The highest BCUT2D eigenvalue weighted by Crippen LogP contribution is 2.52. The highest BCUT2D eigenvalue weighted by molar-refractivity contribution is 6.14. The molecule has 1 unspecified atom stereocenters. The summed E-state index contributed by atoms with van der Waals surface area (Å²) in [4.78, 5) is 0. The van der Waals surface area contributed by atoms with Crippen LogP contribution in [0.3, 0.4) is 0 Å². The van der Waals surface area contributed by atoms with Gasteiger partial charge in [-0.1, -0.05) is 121 Å². The van der Waals surface area contributed by atoms with Crippen molar-refractivity contribution >= 4 is 43.7 Å². The summed E-state index contributed by atoms with van der Waals surface area (Å²) in [6.07, 6.45) is 2.06. The third kappa shape index (κ3) is 4.05. The summed E-state index contributed by atoms with van der Waals surface area (Å²) in [6, 6.07) is 57.4. The molecule has 1 atom stereocenters. The highest BCUT2D eigenvalue weighted by Gasteiger charge is 2.32. The van der Waals surface area contributed by atoms with E-state index in [1.165, 1.54) is 60.8 Å². The second-order valence-corrected chi connectivity index (χ2v) is 12.8. The van der Waals surface area contributed by atoms with Crippen LogP contribution in [0.1, 0.15) is 29.0 Å². The molecule has 0 fully saturated rings. The van der Waals surface area contributed by atoms with Crippen LogP contribution in [-0.4, -0.2) is 4.57 Å². The number of para-hydroxylation sites is 2. The molecule has 0 amide bonds.